The highest BCUT2D eigenvalue weighted by molar-refractivity contribution is 7.89. The maximum Gasteiger partial charge on any atom is 0.243 e. The Kier molecular flexibility index (Phi) is 3.94. The number of anilines is 1. The lowest BCUT2D eigenvalue weighted by Gasteiger charge is -2.34. The zero-order valence-corrected chi connectivity index (χ0v) is 15.6. The van der Waals surface area contributed by atoms with Crippen molar-refractivity contribution in [3.63, 3.8) is 0 Å². The van der Waals surface area contributed by atoms with Crippen molar-refractivity contribution in [2.24, 2.45) is 0 Å². The van der Waals surface area contributed by atoms with Crippen LogP contribution >= 0.6 is 0 Å². The molecular formula is C18H20N4O4S. The lowest BCUT2D eigenvalue weighted by Crippen LogP contribution is -2.49. The molecule has 27 heavy (non-hydrogen) atoms. The second kappa shape index (κ2) is 6.35. The highest BCUT2D eigenvalue weighted by atomic mass is 32.2. The van der Waals surface area contributed by atoms with Crippen LogP contribution in [0.1, 0.15) is 17.7 Å². The van der Waals surface area contributed by atoms with Gasteiger partial charge in [-0.15, -0.1) is 5.10 Å². The molecule has 1 saturated heterocycles. The summed E-state index contributed by atoms with van der Waals surface area (Å²) < 4.78 is 38.0. The second-order valence-corrected chi connectivity index (χ2v) is 8.87. The van der Waals surface area contributed by atoms with Crippen LogP contribution < -0.4 is 14.4 Å². The van der Waals surface area contributed by atoms with Crippen LogP contribution in [0.15, 0.2) is 29.2 Å². The number of rotatable bonds is 3. The number of hydrogen-bond acceptors (Lipinski definition) is 7. The van der Waals surface area contributed by atoms with Crippen molar-refractivity contribution >= 4 is 15.8 Å². The fourth-order valence-corrected chi connectivity index (χ4v) is 5.25. The highest BCUT2D eigenvalue weighted by Gasteiger charge is 2.30. The summed E-state index contributed by atoms with van der Waals surface area (Å²) in [6.07, 6.45) is 3.19. The summed E-state index contributed by atoms with van der Waals surface area (Å²) in [6.45, 7) is 2.14. The van der Waals surface area contributed by atoms with Gasteiger partial charge in [-0.25, -0.2) is 8.42 Å². The monoisotopic (exact) mass is 388 g/mol. The predicted octanol–water partition coefficient (Wildman–Crippen LogP) is 1.20. The van der Waals surface area contributed by atoms with Gasteiger partial charge in [0.15, 0.2) is 17.3 Å². The summed E-state index contributed by atoms with van der Waals surface area (Å²) in [4.78, 5) is 2.34. The minimum atomic E-state index is -3.56. The SMILES string of the molecule is O=S(=O)(c1ccc2c(c1)OCO2)N1CCN(c2cc3c(nn2)CCC3)CC1. The van der Waals surface area contributed by atoms with Gasteiger partial charge in [0.05, 0.1) is 10.6 Å². The molecule has 0 unspecified atom stereocenters. The average Bonchev–Trinajstić information content (AvgIpc) is 3.35. The fourth-order valence-electron chi connectivity index (χ4n) is 3.82. The van der Waals surface area contributed by atoms with E-state index in [1.54, 1.807) is 12.1 Å². The number of nitrogens with zero attached hydrogens (tertiary/aromatic N) is 4. The summed E-state index contributed by atoms with van der Waals surface area (Å²) >= 11 is 0. The van der Waals surface area contributed by atoms with Crippen LogP contribution in [0.5, 0.6) is 11.5 Å². The molecule has 142 valence electrons. The Morgan fingerprint density at radius 2 is 1.74 bits per heavy atom. The molecule has 0 spiro atoms. The molecule has 1 aromatic carbocycles. The number of fused-ring (bicyclic) bond motifs is 2. The molecule has 1 fully saturated rings. The van der Waals surface area contributed by atoms with E-state index in [4.69, 9.17) is 9.47 Å². The summed E-state index contributed by atoms with van der Waals surface area (Å²) in [7, 11) is -3.56. The van der Waals surface area contributed by atoms with Gasteiger partial charge in [0.1, 0.15) is 0 Å². The minimum Gasteiger partial charge on any atom is -0.454 e. The van der Waals surface area contributed by atoms with Crippen LogP contribution in [-0.2, 0) is 22.9 Å². The fraction of sp³-hybridized carbons (Fsp3) is 0.444. The van der Waals surface area contributed by atoms with Crippen molar-refractivity contribution in [1.29, 1.82) is 0 Å². The van der Waals surface area contributed by atoms with Gasteiger partial charge in [0.2, 0.25) is 16.8 Å². The molecule has 2 aromatic rings. The molecule has 1 aliphatic carbocycles. The molecule has 0 saturated carbocycles. The van der Waals surface area contributed by atoms with Gasteiger partial charge < -0.3 is 14.4 Å². The third kappa shape index (κ3) is 2.90. The van der Waals surface area contributed by atoms with E-state index in [9.17, 15) is 8.42 Å². The van der Waals surface area contributed by atoms with Crippen molar-refractivity contribution < 1.29 is 17.9 Å². The van der Waals surface area contributed by atoms with Crippen LogP contribution in [-0.4, -0.2) is 55.9 Å². The van der Waals surface area contributed by atoms with Gasteiger partial charge in [-0.1, -0.05) is 0 Å². The number of hydrogen-bond donors (Lipinski definition) is 0. The summed E-state index contributed by atoms with van der Waals surface area (Å²) in [5.41, 5.74) is 2.37. The van der Waals surface area contributed by atoms with E-state index in [1.165, 1.54) is 15.9 Å². The van der Waals surface area contributed by atoms with Crippen molar-refractivity contribution in [2.45, 2.75) is 24.2 Å². The molecule has 9 heteroatoms. The van der Waals surface area contributed by atoms with Crippen LogP contribution in [0.2, 0.25) is 0 Å². The van der Waals surface area contributed by atoms with Crippen LogP contribution in [0.4, 0.5) is 5.82 Å². The molecule has 3 aliphatic rings. The number of ether oxygens (including phenoxy) is 2. The van der Waals surface area contributed by atoms with Crippen molar-refractivity contribution in [1.82, 2.24) is 14.5 Å². The topological polar surface area (TPSA) is 84.9 Å². The summed E-state index contributed by atoms with van der Waals surface area (Å²) in [5, 5.41) is 8.67. The highest BCUT2D eigenvalue weighted by Crippen LogP contribution is 2.35. The third-order valence-electron chi connectivity index (χ3n) is 5.35. The zero-order valence-electron chi connectivity index (χ0n) is 14.8. The third-order valence-corrected chi connectivity index (χ3v) is 7.25. The Bertz CT molecular complexity index is 987. The Hall–Kier alpha value is -2.39. The predicted molar refractivity (Wildman–Crippen MR) is 97.6 cm³/mol. The number of piperazine rings is 1. The first-order chi connectivity index (χ1) is 13.1. The molecule has 8 nitrogen and oxygen atoms in total. The zero-order chi connectivity index (χ0) is 18.4. The van der Waals surface area contributed by atoms with Crippen molar-refractivity contribution in [3.05, 3.63) is 35.5 Å². The molecule has 0 bridgehead atoms. The van der Waals surface area contributed by atoms with Gasteiger partial charge in [-0.05, 0) is 43.0 Å². The van der Waals surface area contributed by atoms with Gasteiger partial charge in [-0.2, -0.15) is 9.40 Å². The standard InChI is InChI=1S/C18H20N4O4S/c23-27(24,14-4-5-16-17(11-14)26-12-25-16)22-8-6-21(7-9-22)18-10-13-2-1-3-15(13)19-20-18/h4-5,10-11H,1-3,6-9,12H2. The molecule has 1 aromatic heterocycles. The molecule has 2 aliphatic heterocycles. The van der Waals surface area contributed by atoms with Crippen molar-refractivity contribution in [3.8, 4) is 11.5 Å². The van der Waals surface area contributed by atoms with Gasteiger partial charge in [0, 0.05) is 32.2 Å². The van der Waals surface area contributed by atoms with Crippen LogP contribution in [0.25, 0.3) is 0 Å². The van der Waals surface area contributed by atoms with Crippen molar-refractivity contribution in [2.75, 3.05) is 37.9 Å². The Morgan fingerprint density at radius 1 is 0.926 bits per heavy atom. The number of sulfonamides is 1. The summed E-state index contributed by atoms with van der Waals surface area (Å²) in [5.74, 6) is 1.90. The van der Waals surface area contributed by atoms with E-state index in [-0.39, 0.29) is 11.7 Å². The Balaban J connectivity index is 1.31. The lowest BCUT2D eigenvalue weighted by atomic mass is 10.2. The number of benzene rings is 1. The van der Waals surface area contributed by atoms with E-state index in [1.807, 2.05) is 0 Å². The maximum atomic E-state index is 13.0. The molecule has 0 radical (unpaired) electrons. The van der Waals surface area contributed by atoms with Crippen LogP contribution in [0.3, 0.4) is 0 Å². The first-order valence-corrected chi connectivity index (χ1v) is 10.6. The molecule has 5 rings (SSSR count). The molecule has 0 atom stereocenters. The molecule has 0 amide bonds. The number of aromatic nitrogens is 2. The van der Waals surface area contributed by atoms with Gasteiger partial charge in [-0.3, -0.25) is 0 Å². The van der Waals surface area contributed by atoms with Crippen LogP contribution in [0, 0.1) is 0 Å². The number of aryl methyl sites for hydroxylation is 2. The minimum absolute atomic E-state index is 0.124. The van der Waals surface area contributed by atoms with E-state index >= 15 is 0 Å². The Labute approximate surface area is 157 Å². The largest absolute Gasteiger partial charge is 0.454 e. The van der Waals surface area contributed by atoms with E-state index in [2.05, 4.69) is 21.2 Å². The normalized spacial score (nSPS) is 19.3. The lowest BCUT2D eigenvalue weighted by molar-refractivity contribution is 0.174. The summed E-state index contributed by atoms with van der Waals surface area (Å²) in [6, 6.07) is 6.86. The van der Waals surface area contributed by atoms with Gasteiger partial charge in [0.25, 0.3) is 0 Å². The van der Waals surface area contributed by atoms with E-state index < -0.39 is 10.0 Å². The molecular weight excluding hydrogens is 368 g/mol. The second-order valence-electron chi connectivity index (χ2n) is 6.93. The first-order valence-electron chi connectivity index (χ1n) is 9.11. The van der Waals surface area contributed by atoms with E-state index in [0.29, 0.717) is 37.7 Å². The van der Waals surface area contributed by atoms with E-state index in [0.717, 1.165) is 30.8 Å². The molecule has 0 N–H and O–H groups in total. The van der Waals surface area contributed by atoms with Gasteiger partial charge >= 0.3 is 0 Å². The first kappa shape index (κ1) is 16.8. The average molecular weight is 388 g/mol. The molecule has 3 heterocycles. The Morgan fingerprint density at radius 3 is 2.59 bits per heavy atom. The maximum absolute atomic E-state index is 13.0. The quantitative estimate of drug-likeness (QED) is 0.781. The smallest absolute Gasteiger partial charge is 0.243 e.